The largest absolute Gasteiger partial charge is 0.462 e. The Kier molecular flexibility index (Phi) is 3.97. The van der Waals surface area contributed by atoms with E-state index in [0.717, 1.165) is 6.42 Å². The molecule has 0 unspecified atom stereocenters. The molecular formula is C19H16O2. The molecule has 0 aliphatic rings. The quantitative estimate of drug-likeness (QED) is 0.666. The average molecular weight is 276 g/mol. The molecule has 21 heavy (non-hydrogen) atoms. The van der Waals surface area contributed by atoms with Gasteiger partial charge in [-0.2, -0.15) is 0 Å². The minimum Gasteiger partial charge on any atom is -0.462 e. The van der Waals surface area contributed by atoms with Crippen molar-refractivity contribution < 1.29 is 9.53 Å². The van der Waals surface area contributed by atoms with Gasteiger partial charge in [-0.15, -0.1) is 0 Å². The molecular weight excluding hydrogens is 260 g/mol. The Balaban J connectivity index is 1.66. The summed E-state index contributed by atoms with van der Waals surface area (Å²) in [5, 5.41) is 2.43. The Morgan fingerprint density at radius 1 is 0.810 bits per heavy atom. The highest BCUT2D eigenvalue weighted by molar-refractivity contribution is 5.89. The molecule has 0 fully saturated rings. The second kappa shape index (κ2) is 6.23. The van der Waals surface area contributed by atoms with E-state index < -0.39 is 0 Å². The molecule has 0 spiro atoms. The molecule has 2 nitrogen and oxygen atoms in total. The van der Waals surface area contributed by atoms with Crippen molar-refractivity contribution in [3.05, 3.63) is 83.9 Å². The lowest BCUT2D eigenvalue weighted by atomic mass is 10.0. The topological polar surface area (TPSA) is 26.3 Å². The zero-order valence-corrected chi connectivity index (χ0v) is 11.7. The van der Waals surface area contributed by atoms with Gasteiger partial charge in [-0.25, -0.2) is 4.79 Å². The van der Waals surface area contributed by atoms with Crippen LogP contribution >= 0.6 is 0 Å². The average Bonchev–Trinajstić information content (AvgIpc) is 2.56. The van der Waals surface area contributed by atoms with Crippen LogP contribution in [-0.2, 0) is 11.2 Å². The Morgan fingerprint density at radius 2 is 1.52 bits per heavy atom. The summed E-state index contributed by atoms with van der Waals surface area (Å²) >= 11 is 0. The van der Waals surface area contributed by atoms with E-state index in [1.165, 1.54) is 16.3 Å². The summed E-state index contributed by atoms with van der Waals surface area (Å²) in [7, 11) is 0. The molecule has 104 valence electrons. The maximum Gasteiger partial charge on any atom is 0.338 e. The van der Waals surface area contributed by atoms with E-state index in [2.05, 4.69) is 24.3 Å². The van der Waals surface area contributed by atoms with Crippen molar-refractivity contribution in [3.63, 3.8) is 0 Å². The van der Waals surface area contributed by atoms with Gasteiger partial charge in [-0.05, 0) is 28.5 Å². The molecule has 0 saturated carbocycles. The van der Waals surface area contributed by atoms with Crippen LogP contribution in [-0.4, -0.2) is 12.6 Å². The molecule has 0 aliphatic heterocycles. The summed E-state index contributed by atoms with van der Waals surface area (Å²) in [6, 6.07) is 23.5. The van der Waals surface area contributed by atoms with Crippen LogP contribution in [0.2, 0.25) is 0 Å². The van der Waals surface area contributed by atoms with E-state index >= 15 is 0 Å². The molecule has 0 radical (unpaired) electrons. The van der Waals surface area contributed by atoms with Crippen molar-refractivity contribution in [1.29, 1.82) is 0 Å². The monoisotopic (exact) mass is 276 g/mol. The number of ether oxygens (including phenoxy) is 1. The summed E-state index contributed by atoms with van der Waals surface area (Å²) in [5.41, 5.74) is 1.80. The minimum atomic E-state index is -0.268. The van der Waals surface area contributed by atoms with Gasteiger partial charge in [-0.1, -0.05) is 60.7 Å². The molecule has 0 atom stereocenters. The number of carbonyl (C=O) groups is 1. The van der Waals surface area contributed by atoms with Gasteiger partial charge in [0.25, 0.3) is 0 Å². The van der Waals surface area contributed by atoms with E-state index in [-0.39, 0.29) is 5.97 Å². The fourth-order valence-electron chi connectivity index (χ4n) is 2.42. The Morgan fingerprint density at radius 3 is 2.38 bits per heavy atom. The minimum absolute atomic E-state index is 0.268. The summed E-state index contributed by atoms with van der Waals surface area (Å²) in [5.74, 6) is -0.268. The first-order chi connectivity index (χ1) is 10.3. The van der Waals surface area contributed by atoms with E-state index in [9.17, 15) is 4.79 Å². The normalized spacial score (nSPS) is 10.5. The standard InChI is InChI=1S/C19H16O2/c20-19(17-8-2-1-3-9-17)21-14-13-16-11-6-10-15-7-4-5-12-18(15)16/h1-12H,13-14H2. The van der Waals surface area contributed by atoms with Gasteiger partial charge in [0, 0.05) is 6.42 Å². The lowest BCUT2D eigenvalue weighted by Crippen LogP contribution is -2.08. The Hall–Kier alpha value is -2.61. The predicted molar refractivity (Wildman–Crippen MR) is 84.4 cm³/mol. The van der Waals surface area contributed by atoms with Crippen LogP contribution in [0.15, 0.2) is 72.8 Å². The first-order valence-electron chi connectivity index (χ1n) is 7.03. The number of benzene rings is 3. The zero-order valence-electron chi connectivity index (χ0n) is 11.7. The van der Waals surface area contributed by atoms with Crippen LogP contribution < -0.4 is 0 Å². The van der Waals surface area contributed by atoms with Crippen LogP contribution in [0, 0.1) is 0 Å². The molecule has 3 aromatic rings. The summed E-state index contributed by atoms with van der Waals surface area (Å²) in [6.45, 7) is 0.391. The van der Waals surface area contributed by atoms with Crippen molar-refractivity contribution in [3.8, 4) is 0 Å². The number of hydrogen-bond acceptors (Lipinski definition) is 2. The first kappa shape index (κ1) is 13.4. The molecule has 3 aromatic carbocycles. The van der Waals surface area contributed by atoms with Gasteiger partial charge in [0.1, 0.15) is 0 Å². The molecule has 2 heteroatoms. The van der Waals surface area contributed by atoms with Gasteiger partial charge >= 0.3 is 5.97 Å². The van der Waals surface area contributed by atoms with Gasteiger partial charge in [-0.3, -0.25) is 0 Å². The fourth-order valence-corrected chi connectivity index (χ4v) is 2.42. The number of hydrogen-bond donors (Lipinski definition) is 0. The van der Waals surface area contributed by atoms with Crippen molar-refractivity contribution in [1.82, 2.24) is 0 Å². The second-order valence-corrected chi connectivity index (χ2v) is 4.89. The third-order valence-electron chi connectivity index (χ3n) is 3.49. The van der Waals surface area contributed by atoms with Gasteiger partial charge < -0.3 is 4.74 Å². The zero-order chi connectivity index (χ0) is 14.5. The summed E-state index contributed by atoms with van der Waals surface area (Å²) in [4.78, 5) is 11.9. The highest BCUT2D eigenvalue weighted by atomic mass is 16.5. The maximum absolute atomic E-state index is 11.9. The van der Waals surface area contributed by atoms with Crippen LogP contribution in [0.1, 0.15) is 15.9 Å². The van der Waals surface area contributed by atoms with Crippen LogP contribution in [0.25, 0.3) is 10.8 Å². The third-order valence-corrected chi connectivity index (χ3v) is 3.49. The molecule has 0 bridgehead atoms. The smallest absolute Gasteiger partial charge is 0.338 e. The molecule has 0 N–H and O–H groups in total. The van der Waals surface area contributed by atoms with Gasteiger partial charge in [0.15, 0.2) is 0 Å². The third kappa shape index (κ3) is 3.11. The van der Waals surface area contributed by atoms with Crippen LogP contribution in [0.4, 0.5) is 0 Å². The number of carbonyl (C=O) groups excluding carboxylic acids is 1. The summed E-state index contributed by atoms with van der Waals surface area (Å²) in [6.07, 6.45) is 0.722. The van der Waals surface area contributed by atoms with Gasteiger partial charge in [0.2, 0.25) is 0 Å². The fraction of sp³-hybridized carbons (Fsp3) is 0.105. The van der Waals surface area contributed by atoms with Crippen LogP contribution in [0.5, 0.6) is 0 Å². The van der Waals surface area contributed by atoms with E-state index in [4.69, 9.17) is 4.74 Å². The first-order valence-corrected chi connectivity index (χ1v) is 7.03. The molecule has 0 amide bonds. The van der Waals surface area contributed by atoms with Crippen molar-refractivity contribution in [2.45, 2.75) is 6.42 Å². The predicted octanol–water partition coefficient (Wildman–Crippen LogP) is 4.24. The second-order valence-electron chi connectivity index (χ2n) is 4.89. The Bertz CT molecular complexity index is 742. The van der Waals surface area contributed by atoms with E-state index in [0.29, 0.717) is 12.2 Å². The molecule has 0 heterocycles. The molecule has 0 saturated heterocycles. The number of rotatable bonds is 4. The molecule has 3 rings (SSSR count). The Labute approximate surface area is 124 Å². The number of esters is 1. The van der Waals surface area contributed by atoms with E-state index in [1.807, 2.05) is 36.4 Å². The SMILES string of the molecule is O=C(OCCc1cccc2ccccc12)c1ccccc1. The van der Waals surface area contributed by atoms with Crippen molar-refractivity contribution in [2.24, 2.45) is 0 Å². The highest BCUT2D eigenvalue weighted by Gasteiger charge is 2.06. The van der Waals surface area contributed by atoms with Crippen molar-refractivity contribution in [2.75, 3.05) is 6.61 Å². The maximum atomic E-state index is 11.9. The van der Waals surface area contributed by atoms with E-state index in [1.54, 1.807) is 12.1 Å². The lowest BCUT2D eigenvalue weighted by Gasteiger charge is -2.07. The molecule has 0 aromatic heterocycles. The molecule has 0 aliphatic carbocycles. The van der Waals surface area contributed by atoms with Crippen LogP contribution in [0.3, 0.4) is 0 Å². The summed E-state index contributed by atoms with van der Waals surface area (Å²) < 4.78 is 5.34. The van der Waals surface area contributed by atoms with Gasteiger partial charge in [0.05, 0.1) is 12.2 Å². The van der Waals surface area contributed by atoms with Crippen molar-refractivity contribution >= 4 is 16.7 Å². The lowest BCUT2D eigenvalue weighted by molar-refractivity contribution is 0.0509. The number of fused-ring (bicyclic) bond motifs is 1. The highest BCUT2D eigenvalue weighted by Crippen LogP contribution is 2.19.